The summed E-state index contributed by atoms with van der Waals surface area (Å²) in [4.78, 5) is 14.2. The lowest BCUT2D eigenvalue weighted by atomic mass is 10.3. The number of aromatic nitrogens is 5. The van der Waals surface area contributed by atoms with Crippen molar-refractivity contribution in [1.29, 1.82) is 0 Å². The third-order valence-electron chi connectivity index (χ3n) is 4.84. The van der Waals surface area contributed by atoms with Crippen molar-refractivity contribution in [2.75, 3.05) is 5.32 Å². The molecule has 2 fully saturated rings. The molecule has 3 aromatic rings. The second-order valence-electron chi connectivity index (χ2n) is 7.53. The van der Waals surface area contributed by atoms with Gasteiger partial charge in [0.15, 0.2) is 5.82 Å². The Hall–Kier alpha value is -2.69. The molecule has 2 saturated carbocycles. The summed E-state index contributed by atoms with van der Waals surface area (Å²) in [5.74, 6) is 1.52. The van der Waals surface area contributed by atoms with Crippen LogP contribution in [0.25, 0.3) is 5.52 Å². The van der Waals surface area contributed by atoms with E-state index in [1.165, 1.54) is 0 Å². The smallest absolute Gasteiger partial charge is 0.405 e. The van der Waals surface area contributed by atoms with E-state index in [1.54, 1.807) is 23.1 Å². The summed E-state index contributed by atoms with van der Waals surface area (Å²) in [5, 5.41) is 24.6. The van der Waals surface area contributed by atoms with Gasteiger partial charge in [0.05, 0.1) is 18.6 Å². The molecule has 0 atom stereocenters. The minimum Gasteiger partial charge on any atom is -0.465 e. The summed E-state index contributed by atoms with van der Waals surface area (Å²) in [7, 11) is 0. The summed E-state index contributed by atoms with van der Waals surface area (Å²) >= 11 is 3.38. The molecule has 0 unspecified atom stereocenters. The van der Waals surface area contributed by atoms with Gasteiger partial charge >= 0.3 is 6.09 Å². The van der Waals surface area contributed by atoms with Crippen LogP contribution in [0.4, 0.5) is 20.8 Å². The average Bonchev–Trinajstić information content (AvgIpc) is 3.21. The van der Waals surface area contributed by atoms with Crippen LogP contribution in [0.15, 0.2) is 35.3 Å². The zero-order valence-corrected chi connectivity index (χ0v) is 18.2. The number of carboxylic acid groups (broad SMARTS) is 1. The van der Waals surface area contributed by atoms with E-state index in [4.69, 9.17) is 5.11 Å². The van der Waals surface area contributed by atoms with E-state index in [-0.39, 0.29) is 5.54 Å². The predicted molar refractivity (Wildman–Crippen MR) is 115 cm³/mol. The second-order valence-corrected chi connectivity index (χ2v) is 8.34. The van der Waals surface area contributed by atoms with Crippen molar-refractivity contribution in [3.05, 3.63) is 35.3 Å². The fourth-order valence-corrected chi connectivity index (χ4v) is 3.27. The van der Waals surface area contributed by atoms with Gasteiger partial charge in [-0.2, -0.15) is 10.2 Å². The maximum Gasteiger partial charge on any atom is 0.405 e. The number of H-pyrrole nitrogens is 1. The van der Waals surface area contributed by atoms with Crippen molar-refractivity contribution in [3.8, 4) is 0 Å². The number of halogens is 2. The SMILES string of the molecule is Brc1cnc(Nc2ccn[nH]2)c2ccnn12.CC1(NC(=O)O)CC1.FC1CCCC1. The lowest BCUT2D eigenvalue weighted by Crippen LogP contribution is -2.32. The number of carbonyl (C=O) groups is 1. The number of aromatic amines is 1. The molecule has 3 heterocycles. The highest BCUT2D eigenvalue weighted by Gasteiger charge is 2.38. The number of nitrogens with one attached hydrogen (secondary N) is 3. The molecule has 9 nitrogen and oxygen atoms in total. The lowest BCUT2D eigenvalue weighted by molar-refractivity contribution is 0.189. The molecular weight excluding hydrogens is 457 g/mol. The lowest BCUT2D eigenvalue weighted by Gasteiger charge is -2.05. The van der Waals surface area contributed by atoms with Crippen molar-refractivity contribution in [1.82, 2.24) is 30.1 Å². The van der Waals surface area contributed by atoms with Gasteiger partial charge in [0, 0.05) is 11.6 Å². The molecule has 2 aliphatic rings. The van der Waals surface area contributed by atoms with Crippen LogP contribution in [0.1, 0.15) is 45.4 Å². The first-order valence-electron chi connectivity index (χ1n) is 9.76. The molecule has 3 aromatic heterocycles. The normalized spacial score (nSPS) is 16.8. The minimum absolute atomic E-state index is 0.0775. The number of hydrogen-bond acceptors (Lipinski definition) is 5. The number of alkyl halides is 1. The van der Waals surface area contributed by atoms with Crippen LogP contribution in [-0.2, 0) is 0 Å². The molecule has 0 bridgehead atoms. The van der Waals surface area contributed by atoms with Crippen molar-refractivity contribution < 1.29 is 14.3 Å². The predicted octanol–water partition coefficient (Wildman–Crippen LogP) is 4.66. The zero-order chi connectivity index (χ0) is 21.6. The van der Waals surface area contributed by atoms with Crippen LogP contribution in [0, 0.1) is 0 Å². The van der Waals surface area contributed by atoms with Gasteiger partial charge < -0.3 is 15.7 Å². The summed E-state index contributed by atoms with van der Waals surface area (Å²) < 4.78 is 14.5. The number of hydrogen-bond donors (Lipinski definition) is 4. The first-order valence-corrected chi connectivity index (χ1v) is 10.6. The second kappa shape index (κ2) is 9.88. The summed E-state index contributed by atoms with van der Waals surface area (Å²) in [6.45, 7) is 1.90. The highest BCUT2D eigenvalue weighted by molar-refractivity contribution is 9.10. The molecule has 162 valence electrons. The van der Waals surface area contributed by atoms with Crippen molar-refractivity contribution >= 4 is 39.2 Å². The van der Waals surface area contributed by atoms with Crippen LogP contribution in [0.3, 0.4) is 0 Å². The molecule has 0 spiro atoms. The van der Waals surface area contributed by atoms with Crippen molar-refractivity contribution in [2.24, 2.45) is 0 Å². The number of fused-ring (bicyclic) bond motifs is 1. The Morgan fingerprint density at radius 2 is 2.07 bits per heavy atom. The van der Waals surface area contributed by atoms with Gasteiger partial charge in [0.1, 0.15) is 22.1 Å². The van der Waals surface area contributed by atoms with Crippen molar-refractivity contribution in [2.45, 2.75) is 57.2 Å². The van der Waals surface area contributed by atoms with Gasteiger partial charge in [-0.25, -0.2) is 18.7 Å². The highest BCUT2D eigenvalue weighted by Crippen LogP contribution is 2.33. The van der Waals surface area contributed by atoms with Crippen LogP contribution in [0.5, 0.6) is 0 Å². The molecule has 5 rings (SSSR count). The molecule has 0 aliphatic heterocycles. The Morgan fingerprint density at radius 1 is 1.33 bits per heavy atom. The van der Waals surface area contributed by atoms with Gasteiger partial charge in [-0.05, 0) is 54.6 Å². The fourth-order valence-electron chi connectivity index (χ4n) is 2.89. The van der Waals surface area contributed by atoms with E-state index in [0.29, 0.717) is 0 Å². The molecule has 1 amide bonds. The Bertz CT molecular complexity index is 953. The fraction of sp³-hybridized carbons (Fsp3) is 0.474. The monoisotopic (exact) mass is 481 g/mol. The van der Waals surface area contributed by atoms with Crippen LogP contribution < -0.4 is 10.6 Å². The molecule has 4 N–H and O–H groups in total. The summed E-state index contributed by atoms with van der Waals surface area (Å²) in [5.41, 5.74) is 0.815. The molecule has 0 radical (unpaired) electrons. The van der Waals surface area contributed by atoms with Crippen LogP contribution in [-0.4, -0.2) is 47.7 Å². The first kappa shape index (κ1) is 22.0. The third-order valence-corrected chi connectivity index (χ3v) is 5.38. The quantitative estimate of drug-likeness (QED) is 0.431. The first-order chi connectivity index (χ1) is 14.4. The standard InChI is InChI=1S/C9H7BrN6.C5H9F.C5H9NO2/c10-7-5-11-9(6-1-4-13-16(6)7)14-8-2-3-12-15-8;6-5-3-1-2-4-5;1-5(2-3-5)6-4(7)8/h1-5H,(H2,11,12,14,15);5H,1-4H2;6H,2-3H2,1H3,(H,7,8). The van der Waals surface area contributed by atoms with Gasteiger partial charge in [-0.1, -0.05) is 12.8 Å². The number of nitrogens with zero attached hydrogens (tertiary/aromatic N) is 4. The van der Waals surface area contributed by atoms with Gasteiger partial charge in [0.2, 0.25) is 0 Å². The van der Waals surface area contributed by atoms with E-state index in [2.05, 4.69) is 46.8 Å². The molecule has 11 heteroatoms. The molecule has 0 aromatic carbocycles. The summed E-state index contributed by atoms with van der Waals surface area (Å²) in [6.07, 6.45) is 9.56. The number of anilines is 2. The highest BCUT2D eigenvalue weighted by atomic mass is 79.9. The van der Waals surface area contributed by atoms with Crippen molar-refractivity contribution in [3.63, 3.8) is 0 Å². The Morgan fingerprint density at radius 3 is 2.57 bits per heavy atom. The largest absolute Gasteiger partial charge is 0.465 e. The summed E-state index contributed by atoms with van der Waals surface area (Å²) in [6, 6.07) is 3.72. The van der Waals surface area contributed by atoms with E-state index < -0.39 is 12.3 Å². The average molecular weight is 482 g/mol. The maximum absolute atomic E-state index is 11.9. The Kier molecular flexibility index (Phi) is 7.24. The third kappa shape index (κ3) is 6.41. The van der Waals surface area contributed by atoms with Gasteiger partial charge in [-0.15, -0.1) is 0 Å². The minimum atomic E-state index is -0.912. The van der Waals surface area contributed by atoms with E-state index in [0.717, 1.165) is 60.3 Å². The van der Waals surface area contributed by atoms with Gasteiger partial charge in [-0.3, -0.25) is 5.10 Å². The topological polar surface area (TPSA) is 120 Å². The molecular formula is C19H25BrFN7O2. The number of amides is 1. The molecule has 2 aliphatic carbocycles. The molecule has 30 heavy (non-hydrogen) atoms. The molecule has 0 saturated heterocycles. The number of rotatable bonds is 3. The zero-order valence-electron chi connectivity index (χ0n) is 16.6. The van der Waals surface area contributed by atoms with E-state index in [1.807, 2.05) is 19.1 Å². The van der Waals surface area contributed by atoms with E-state index in [9.17, 15) is 9.18 Å². The van der Waals surface area contributed by atoms with E-state index >= 15 is 0 Å². The van der Waals surface area contributed by atoms with Crippen LogP contribution in [0.2, 0.25) is 0 Å². The van der Waals surface area contributed by atoms with Crippen LogP contribution >= 0.6 is 15.9 Å². The Balaban J connectivity index is 0.000000152. The van der Waals surface area contributed by atoms with Gasteiger partial charge in [0.25, 0.3) is 0 Å². The maximum atomic E-state index is 11.9. The Labute approximate surface area is 181 Å².